The van der Waals surface area contributed by atoms with Crippen LogP contribution in [-0.4, -0.2) is 26.4 Å². The zero-order valence-electron chi connectivity index (χ0n) is 10.6. The molecule has 0 saturated carbocycles. The first kappa shape index (κ1) is 11.8. The third-order valence-electron chi connectivity index (χ3n) is 3.93. The summed E-state index contributed by atoms with van der Waals surface area (Å²) in [5.41, 5.74) is -0.837. The summed E-state index contributed by atoms with van der Waals surface area (Å²) in [4.78, 5) is 12.3. The molecule has 90 valence electrons. The summed E-state index contributed by atoms with van der Waals surface area (Å²) >= 11 is 0. The van der Waals surface area contributed by atoms with E-state index in [0.717, 1.165) is 9.50 Å². The van der Waals surface area contributed by atoms with E-state index in [1.807, 2.05) is 18.2 Å². The Kier molecular flexibility index (Phi) is 2.35. The summed E-state index contributed by atoms with van der Waals surface area (Å²) in [7, 11) is 0. The zero-order chi connectivity index (χ0) is 12.8. The second kappa shape index (κ2) is 3.39. The molecule has 2 rings (SSSR count). The van der Waals surface area contributed by atoms with Crippen LogP contribution < -0.4 is 0 Å². The lowest BCUT2D eigenvalue weighted by Gasteiger charge is -2.22. The lowest BCUT2D eigenvalue weighted by atomic mass is 9.84. The van der Waals surface area contributed by atoms with Crippen LogP contribution in [0.5, 0.6) is 0 Å². The van der Waals surface area contributed by atoms with Crippen molar-refractivity contribution in [2.45, 2.75) is 38.8 Å². The van der Waals surface area contributed by atoms with Gasteiger partial charge in [-0.05, 0) is 12.1 Å². The fourth-order valence-corrected chi connectivity index (χ4v) is 1.93. The van der Waals surface area contributed by atoms with Crippen LogP contribution in [0.25, 0.3) is 0 Å². The van der Waals surface area contributed by atoms with Crippen molar-refractivity contribution in [3.05, 3.63) is 46.0 Å². The SMILES string of the molecule is CC1(C)[N+](=O)C(c2ccccc2)=[N+]([O-])C1(C)C. The standard InChI is InChI=1S/C13H17N2O2/c1-12(2)13(3,4)15(17)11(14(12)16)10-8-6-5-7-9-10/h5-9H,1-4H3/q+1. The quantitative estimate of drug-likeness (QED) is 0.552. The minimum absolute atomic E-state index is 0.195. The normalized spacial score (nSPS) is 22.0. The van der Waals surface area contributed by atoms with E-state index < -0.39 is 11.1 Å². The summed E-state index contributed by atoms with van der Waals surface area (Å²) in [6.45, 7) is 7.17. The third kappa shape index (κ3) is 1.40. The minimum atomic E-state index is -0.750. The van der Waals surface area contributed by atoms with Crippen molar-refractivity contribution < 1.29 is 9.50 Å². The maximum Gasteiger partial charge on any atom is 0.504 e. The van der Waals surface area contributed by atoms with Crippen LogP contribution >= 0.6 is 0 Å². The van der Waals surface area contributed by atoms with Crippen molar-refractivity contribution in [3.63, 3.8) is 0 Å². The molecule has 0 fully saturated rings. The van der Waals surface area contributed by atoms with Gasteiger partial charge >= 0.3 is 5.84 Å². The molecule has 1 aliphatic rings. The molecule has 17 heavy (non-hydrogen) atoms. The van der Waals surface area contributed by atoms with Gasteiger partial charge in [-0.2, -0.15) is 0 Å². The van der Waals surface area contributed by atoms with Gasteiger partial charge in [0.2, 0.25) is 5.54 Å². The Balaban J connectivity index is 2.64. The molecule has 0 aromatic heterocycles. The van der Waals surface area contributed by atoms with E-state index in [4.69, 9.17) is 0 Å². The molecule has 0 radical (unpaired) electrons. The van der Waals surface area contributed by atoms with Crippen LogP contribution in [0.1, 0.15) is 33.3 Å². The van der Waals surface area contributed by atoms with Crippen molar-refractivity contribution in [1.29, 1.82) is 0 Å². The van der Waals surface area contributed by atoms with Crippen molar-refractivity contribution in [3.8, 4) is 0 Å². The molecule has 0 bridgehead atoms. The minimum Gasteiger partial charge on any atom is -0.618 e. The summed E-state index contributed by atoms with van der Waals surface area (Å²) in [5.74, 6) is 0.195. The van der Waals surface area contributed by atoms with E-state index in [1.165, 1.54) is 0 Å². The van der Waals surface area contributed by atoms with Crippen LogP contribution in [0, 0.1) is 10.1 Å². The number of amidine groups is 1. The van der Waals surface area contributed by atoms with E-state index in [0.29, 0.717) is 5.56 Å². The van der Waals surface area contributed by atoms with Gasteiger partial charge in [-0.3, -0.25) is 0 Å². The molecule has 1 aromatic carbocycles. The Bertz CT molecular complexity index is 501. The van der Waals surface area contributed by atoms with Crippen molar-refractivity contribution in [2.24, 2.45) is 0 Å². The van der Waals surface area contributed by atoms with Gasteiger partial charge in [-0.1, -0.05) is 18.2 Å². The van der Waals surface area contributed by atoms with E-state index in [2.05, 4.69) is 0 Å². The molecular weight excluding hydrogens is 216 g/mol. The van der Waals surface area contributed by atoms with Crippen molar-refractivity contribution >= 4 is 5.84 Å². The van der Waals surface area contributed by atoms with Crippen molar-refractivity contribution in [2.75, 3.05) is 0 Å². The maximum atomic E-state index is 12.3. The van der Waals surface area contributed by atoms with E-state index in [1.54, 1.807) is 39.8 Å². The Morgan fingerprint density at radius 3 is 1.94 bits per heavy atom. The fourth-order valence-electron chi connectivity index (χ4n) is 1.93. The summed E-state index contributed by atoms with van der Waals surface area (Å²) in [6, 6.07) is 9.06. The monoisotopic (exact) mass is 233 g/mol. The first-order chi connectivity index (χ1) is 7.80. The average Bonchev–Trinajstić information content (AvgIpc) is 2.40. The lowest BCUT2D eigenvalue weighted by molar-refractivity contribution is -0.555. The molecule has 0 amide bonds. The van der Waals surface area contributed by atoms with Crippen LogP contribution in [0.4, 0.5) is 0 Å². The van der Waals surface area contributed by atoms with Crippen LogP contribution in [-0.2, 0) is 0 Å². The van der Waals surface area contributed by atoms with Crippen LogP contribution in [0.3, 0.4) is 0 Å². The van der Waals surface area contributed by atoms with Crippen LogP contribution in [0.2, 0.25) is 0 Å². The molecule has 0 unspecified atom stereocenters. The van der Waals surface area contributed by atoms with Gasteiger partial charge in [0.25, 0.3) is 5.54 Å². The summed E-state index contributed by atoms with van der Waals surface area (Å²) in [6.07, 6.45) is 0. The molecule has 0 atom stereocenters. The Labute approximate surface area is 101 Å². The summed E-state index contributed by atoms with van der Waals surface area (Å²) in [5, 5.41) is 12.3. The van der Waals surface area contributed by atoms with Gasteiger partial charge in [0, 0.05) is 32.6 Å². The highest BCUT2D eigenvalue weighted by Gasteiger charge is 2.68. The number of nitrogens with zero attached hydrogens (tertiary/aromatic N) is 2. The third-order valence-corrected chi connectivity index (χ3v) is 3.93. The van der Waals surface area contributed by atoms with Gasteiger partial charge in [0.05, 0.1) is 0 Å². The Morgan fingerprint density at radius 2 is 1.53 bits per heavy atom. The van der Waals surface area contributed by atoms with Gasteiger partial charge in [-0.15, -0.1) is 4.74 Å². The molecule has 0 spiro atoms. The highest BCUT2D eigenvalue weighted by molar-refractivity contribution is 5.89. The molecule has 0 saturated heterocycles. The number of hydroxylamine groups is 1. The second-order valence-electron chi connectivity index (χ2n) is 5.40. The first-order valence-corrected chi connectivity index (χ1v) is 5.67. The van der Waals surface area contributed by atoms with Crippen molar-refractivity contribution in [1.82, 2.24) is 0 Å². The smallest absolute Gasteiger partial charge is 0.504 e. The predicted molar refractivity (Wildman–Crippen MR) is 66.0 cm³/mol. The van der Waals surface area contributed by atoms with Gasteiger partial charge in [-0.25, -0.2) is 0 Å². The summed E-state index contributed by atoms with van der Waals surface area (Å²) < 4.78 is 1.66. The number of hydrogen-bond acceptors (Lipinski definition) is 2. The van der Waals surface area contributed by atoms with Gasteiger partial charge in [0.1, 0.15) is 10.3 Å². The van der Waals surface area contributed by atoms with E-state index in [-0.39, 0.29) is 5.84 Å². The number of rotatable bonds is 1. The molecule has 1 heterocycles. The zero-order valence-corrected chi connectivity index (χ0v) is 10.6. The van der Waals surface area contributed by atoms with Crippen LogP contribution in [0.15, 0.2) is 30.3 Å². The molecule has 0 N–H and O–H groups in total. The topological polar surface area (TPSA) is 46.1 Å². The van der Waals surface area contributed by atoms with E-state index >= 15 is 0 Å². The number of benzene rings is 1. The van der Waals surface area contributed by atoms with Gasteiger partial charge in [0.15, 0.2) is 0 Å². The first-order valence-electron chi connectivity index (χ1n) is 5.67. The molecular formula is C13H17N2O2+. The molecule has 1 aromatic rings. The second-order valence-corrected chi connectivity index (χ2v) is 5.40. The molecule has 4 heteroatoms. The predicted octanol–water partition coefficient (Wildman–Crippen LogP) is 2.29. The molecule has 4 nitrogen and oxygen atoms in total. The number of hydrogen-bond donors (Lipinski definition) is 0. The largest absolute Gasteiger partial charge is 0.618 e. The highest BCUT2D eigenvalue weighted by Crippen LogP contribution is 2.34. The average molecular weight is 233 g/mol. The Morgan fingerprint density at radius 1 is 1.00 bits per heavy atom. The maximum absolute atomic E-state index is 12.3. The molecule has 0 aliphatic carbocycles. The van der Waals surface area contributed by atoms with E-state index in [9.17, 15) is 10.1 Å². The lowest BCUT2D eigenvalue weighted by Crippen LogP contribution is -2.50. The highest BCUT2D eigenvalue weighted by atomic mass is 16.5. The fraction of sp³-hybridized carbons (Fsp3) is 0.462. The number of nitroso groups, excluding NO2 is 1. The Hall–Kier alpha value is -1.71. The van der Waals surface area contributed by atoms with Gasteiger partial charge < -0.3 is 5.21 Å². The molecule has 1 aliphatic heterocycles.